The molecule has 0 aliphatic carbocycles. The van der Waals surface area contributed by atoms with Crippen LogP contribution in [0.1, 0.15) is 46.1 Å². The van der Waals surface area contributed by atoms with Crippen LogP contribution in [0.25, 0.3) is 0 Å². The Morgan fingerprint density at radius 1 is 1.24 bits per heavy atom. The SMILES string of the molecule is CCCC(CNC(=O)OC(C)(C)C)CO[C@H](C=O)Cc1ccccc1. The summed E-state index contributed by atoms with van der Waals surface area (Å²) in [5.74, 6) is 0.149. The highest BCUT2D eigenvalue weighted by atomic mass is 16.6. The number of hydrogen-bond donors (Lipinski definition) is 1. The van der Waals surface area contributed by atoms with E-state index >= 15 is 0 Å². The largest absolute Gasteiger partial charge is 0.444 e. The number of nitrogens with one attached hydrogen (secondary N) is 1. The second-order valence-electron chi connectivity index (χ2n) is 7.24. The van der Waals surface area contributed by atoms with Gasteiger partial charge in [0.2, 0.25) is 0 Å². The lowest BCUT2D eigenvalue weighted by Crippen LogP contribution is -2.36. The lowest BCUT2D eigenvalue weighted by atomic mass is 10.0. The molecule has 2 atom stereocenters. The maximum Gasteiger partial charge on any atom is 0.407 e. The van der Waals surface area contributed by atoms with E-state index < -0.39 is 17.8 Å². The van der Waals surface area contributed by atoms with E-state index in [9.17, 15) is 9.59 Å². The summed E-state index contributed by atoms with van der Waals surface area (Å²) in [4.78, 5) is 23.1. The van der Waals surface area contributed by atoms with Gasteiger partial charge < -0.3 is 19.6 Å². The lowest BCUT2D eigenvalue weighted by molar-refractivity contribution is -0.118. The van der Waals surface area contributed by atoms with Gasteiger partial charge in [0.15, 0.2) is 0 Å². The number of rotatable bonds is 10. The van der Waals surface area contributed by atoms with Gasteiger partial charge in [-0.2, -0.15) is 0 Å². The molecule has 1 unspecified atom stereocenters. The molecule has 0 radical (unpaired) electrons. The first-order valence-corrected chi connectivity index (χ1v) is 8.91. The molecule has 0 saturated heterocycles. The average molecular weight is 349 g/mol. The van der Waals surface area contributed by atoms with Crippen molar-refractivity contribution in [3.05, 3.63) is 35.9 Å². The predicted octanol–water partition coefficient (Wildman–Crippen LogP) is 3.75. The number of amides is 1. The van der Waals surface area contributed by atoms with Crippen molar-refractivity contribution in [3.63, 3.8) is 0 Å². The van der Waals surface area contributed by atoms with Gasteiger partial charge in [-0.1, -0.05) is 43.7 Å². The van der Waals surface area contributed by atoms with Gasteiger partial charge in [0.1, 0.15) is 18.0 Å². The molecule has 0 aromatic heterocycles. The van der Waals surface area contributed by atoms with Crippen LogP contribution in [0.15, 0.2) is 30.3 Å². The van der Waals surface area contributed by atoms with Crippen molar-refractivity contribution in [3.8, 4) is 0 Å². The van der Waals surface area contributed by atoms with Crippen LogP contribution in [0.2, 0.25) is 0 Å². The zero-order valence-electron chi connectivity index (χ0n) is 15.8. The molecule has 0 fully saturated rings. The van der Waals surface area contributed by atoms with Crippen LogP contribution in [0.4, 0.5) is 4.79 Å². The number of alkyl carbamates (subject to hydrolysis) is 1. The quantitative estimate of drug-likeness (QED) is 0.653. The Bertz CT molecular complexity index is 510. The molecule has 0 bridgehead atoms. The van der Waals surface area contributed by atoms with Gasteiger partial charge >= 0.3 is 6.09 Å². The summed E-state index contributed by atoms with van der Waals surface area (Å²) in [6, 6.07) is 9.80. The van der Waals surface area contributed by atoms with Crippen molar-refractivity contribution >= 4 is 12.4 Å². The Morgan fingerprint density at radius 3 is 2.48 bits per heavy atom. The molecule has 0 aliphatic rings. The fourth-order valence-electron chi connectivity index (χ4n) is 2.45. The molecular formula is C20H31NO4. The van der Waals surface area contributed by atoms with E-state index in [-0.39, 0.29) is 5.92 Å². The van der Waals surface area contributed by atoms with Crippen LogP contribution in [-0.4, -0.2) is 37.2 Å². The second kappa shape index (κ2) is 10.9. The molecule has 5 heteroatoms. The molecular weight excluding hydrogens is 318 g/mol. The molecule has 1 aromatic rings. The molecule has 0 saturated carbocycles. The first kappa shape index (κ1) is 21.2. The Morgan fingerprint density at radius 2 is 1.92 bits per heavy atom. The number of hydrogen-bond acceptors (Lipinski definition) is 4. The van der Waals surface area contributed by atoms with Crippen molar-refractivity contribution in [2.75, 3.05) is 13.2 Å². The Labute approximate surface area is 151 Å². The van der Waals surface area contributed by atoms with E-state index in [0.29, 0.717) is 19.6 Å². The van der Waals surface area contributed by atoms with Crippen molar-refractivity contribution in [1.29, 1.82) is 0 Å². The Balaban J connectivity index is 2.44. The first-order valence-electron chi connectivity index (χ1n) is 8.91. The van der Waals surface area contributed by atoms with Crippen LogP contribution < -0.4 is 5.32 Å². The molecule has 0 spiro atoms. The normalized spacial score (nSPS) is 13.8. The lowest BCUT2D eigenvalue weighted by Gasteiger charge is -2.22. The molecule has 1 rings (SSSR count). The number of aldehydes is 1. The van der Waals surface area contributed by atoms with Gasteiger partial charge in [-0.15, -0.1) is 0 Å². The third-order valence-corrected chi connectivity index (χ3v) is 3.61. The summed E-state index contributed by atoms with van der Waals surface area (Å²) in [5.41, 5.74) is 0.553. The van der Waals surface area contributed by atoms with Gasteiger partial charge in [0.05, 0.1) is 6.61 Å². The van der Waals surface area contributed by atoms with E-state index in [4.69, 9.17) is 9.47 Å². The summed E-state index contributed by atoms with van der Waals surface area (Å²) in [6.07, 6.45) is 2.40. The highest BCUT2D eigenvalue weighted by molar-refractivity contribution is 5.67. The molecule has 5 nitrogen and oxygen atoms in total. The van der Waals surface area contributed by atoms with E-state index in [1.54, 1.807) is 0 Å². The van der Waals surface area contributed by atoms with Gasteiger partial charge in [-0.3, -0.25) is 0 Å². The van der Waals surface area contributed by atoms with Gasteiger partial charge in [0.25, 0.3) is 0 Å². The molecule has 1 amide bonds. The third kappa shape index (κ3) is 9.87. The molecule has 25 heavy (non-hydrogen) atoms. The minimum atomic E-state index is -0.515. The Hall–Kier alpha value is -1.88. The number of benzene rings is 1. The summed E-state index contributed by atoms with van der Waals surface area (Å²) < 4.78 is 11.0. The minimum absolute atomic E-state index is 0.149. The number of ether oxygens (including phenoxy) is 2. The number of carbonyl (C=O) groups is 2. The standard InChI is InChI=1S/C20H31NO4/c1-5-9-17(13-21-19(23)25-20(2,3)4)15-24-18(14-22)12-16-10-7-6-8-11-16/h6-8,10-11,14,17-18H,5,9,12-13,15H2,1-4H3,(H,21,23)/t17?,18-/m0/s1. The highest BCUT2D eigenvalue weighted by Crippen LogP contribution is 2.11. The van der Waals surface area contributed by atoms with E-state index in [1.807, 2.05) is 51.1 Å². The summed E-state index contributed by atoms with van der Waals surface area (Å²) >= 11 is 0. The summed E-state index contributed by atoms with van der Waals surface area (Å²) in [6.45, 7) is 8.48. The van der Waals surface area contributed by atoms with E-state index in [2.05, 4.69) is 12.2 Å². The van der Waals surface area contributed by atoms with E-state index in [1.165, 1.54) is 0 Å². The van der Waals surface area contributed by atoms with Gasteiger partial charge in [0, 0.05) is 13.0 Å². The monoisotopic (exact) mass is 349 g/mol. The van der Waals surface area contributed by atoms with E-state index in [0.717, 1.165) is 24.7 Å². The molecule has 1 aromatic carbocycles. The Kier molecular flexibility index (Phi) is 9.21. The fourth-order valence-corrected chi connectivity index (χ4v) is 2.45. The summed E-state index contributed by atoms with van der Waals surface area (Å²) in [5, 5.41) is 2.79. The van der Waals surface area contributed by atoms with Gasteiger partial charge in [-0.25, -0.2) is 4.79 Å². The van der Waals surface area contributed by atoms with Crippen molar-refractivity contribution < 1.29 is 19.1 Å². The molecule has 0 heterocycles. The third-order valence-electron chi connectivity index (χ3n) is 3.61. The van der Waals surface area contributed by atoms with Crippen molar-refractivity contribution in [1.82, 2.24) is 5.32 Å². The van der Waals surface area contributed by atoms with Crippen LogP contribution in [0, 0.1) is 5.92 Å². The molecule has 0 aliphatic heterocycles. The minimum Gasteiger partial charge on any atom is -0.444 e. The van der Waals surface area contributed by atoms with Crippen molar-refractivity contribution in [2.45, 2.75) is 58.7 Å². The number of carbonyl (C=O) groups excluding carboxylic acids is 2. The smallest absolute Gasteiger partial charge is 0.407 e. The van der Waals surface area contributed by atoms with Crippen LogP contribution in [-0.2, 0) is 20.7 Å². The maximum absolute atomic E-state index is 11.8. The average Bonchev–Trinajstić information content (AvgIpc) is 2.55. The second-order valence-corrected chi connectivity index (χ2v) is 7.24. The van der Waals surface area contributed by atoms with Crippen LogP contribution in [0.3, 0.4) is 0 Å². The molecule has 140 valence electrons. The zero-order valence-corrected chi connectivity index (χ0v) is 15.8. The van der Waals surface area contributed by atoms with Gasteiger partial charge in [-0.05, 0) is 38.7 Å². The first-order chi connectivity index (χ1) is 11.8. The highest BCUT2D eigenvalue weighted by Gasteiger charge is 2.18. The van der Waals surface area contributed by atoms with Crippen LogP contribution in [0.5, 0.6) is 0 Å². The topological polar surface area (TPSA) is 64.6 Å². The molecule has 1 N–H and O–H groups in total. The maximum atomic E-state index is 11.8. The predicted molar refractivity (Wildman–Crippen MR) is 98.6 cm³/mol. The summed E-state index contributed by atoms with van der Waals surface area (Å²) in [7, 11) is 0. The van der Waals surface area contributed by atoms with Crippen molar-refractivity contribution in [2.24, 2.45) is 5.92 Å². The fraction of sp³-hybridized carbons (Fsp3) is 0.600. The zero-order chi connectivity index (χ0) is 18.7. The van der Waals surface area contributed by atoms with Crippen LogP contribution >= 0.6 is 0 Å².